The summed E-state index contributed by atoms with van der Waals surface area (Å²) in [6.45, 7) is 10.4. The van der Waals surface area contributed by atoms with E-state index >= 15 is 0 Å². The Morgan fingerprint density at radius 1 is 1.38 bits per heavy atom. The van der Waals surface area contributed by atoms with E-state index in [9.17, 15) is 0 Å². The van der Waals surface area contributed by atoms with Gasteiger partial charge in [0.05, 0.1) is 0 Å². The molecule has 0 amide bonds. The van der Waals surface area contributed by atoms with Crippen molar-refractivity contribution in [3.8, 4) is 0 Å². The second-order valence-corrected chi connectivity index (χ2v) is 3.84. The van der Waals surface area contributed by atoms with Gasteiger partial charge in [-0.05, 0) is 32.9 Å². The molecule has 2 nitrogen and oxygen atoms in total. The van der Waals surface area contributed by atoms with E-state index < -0.39 is 0 Å². The van der Waals surface area contributed by atoms with E-state index in [1.54, 1.807) is 0 Å². The van der Waals surface area contributed by atoms with Gasteiger partial charge in [-0.15, -0.1) is 0 Å². The van der Waals surface area contributed by atoms with Crippen molar-refractivity contribution in [2.75, 3.05) is 32.7 Å². The first kappa shape index (κ1) is 10.7. The second kappa shape index (κ2) is 6.17. The maximum atomic E-state index is 3.42. The van der Waals surface area contributed by atoms with Crippen molar-refractivity contribution < 1.29 is 0 Å². The van der Waals surface area contributed by atoms with E-state index in [1.165, 1.54) is 31.6 Å². The third-order valence-corrected chi connectivity index (χ3v) is 2.46. The Labute approximate surface area is 82.0 Å². The van der Waals surface area contributed by atoms with Gasteiger partial charge in [0.15, 0.2) is 0 Å². The standard InChI is InChI=1S/C11H22N2/c1-3-5-11(2)10-13-8-4-6-12-7-9-13/h5,12H,3-4,6-10H2,1-2H3/b11-5+. The Morgan fingerprint density at radius 2 is 2.23 bits per heavy atom. The molecule has 1 aliphatic heterocycles. The largest absolute Gasteiger partial charge is 0.315 e. The van der Waals surface area contributed by atoms with Gasteiger partial charge in [0.2, 0.25) is 0 Å². The second-order valence-electron chi connectivity index (χ2n) is 3.84. The summed E-state index contributed by atoms with van der Waals surface area (Å²) in [5.74, 6) is 0. The van der Waals surface area contributed by atoms with E-state index in [4.69, 9.17) is 0 Å². The first-order valence-electron chi connectivity index (χ1n) is 5.41. The minimum atomic E-state index is 1.15. The summed E-state index contributed by atoms with van der Waals surface area (Å²) in [7, 11) is 0. The first-order chi connectivity index (χ1) is 6.33. The fourth-order valence-corrected chi connectivity index (χ4v) is 1.83. The zero-order valence-corrected chi connectivity index (χ0v) is 8.97. The van der Waals surface area contributed by atoms with E-state index in [1.807, 2.05) is 0 Å². The molecule has 2 heteroatoms. The molecule has 0 aromatic rings. The summed E-state index contributed by atoms with van der Waals surface area (Å²) in [6, 6.07) is 0. The van der Waals surface area contributed by atoms with Crippen LogP contribution in [0.2, 0.25) is 0 Å². The van der Waals surface area contributed by atoms with Crippen LogP contribution in [0, 0.1) is 0 Å². The van der Waals surface area contributed by atoms with Gasteiger partial charge < -0.3 is 5.32 Å². The molecule has 0 unspecified atom stereocenters. The smallest absolute Gasteiger partial charge is 0.0190 e. The molecule has 1 rings (SSSR count). The molecule has 0 atom stereocenters. The number of allylic oxidation sites excluding steroid dienone is 1. The van der Waals surface area contributed by atoms with Gasteiger partial charge in [0.25, 0.3) is 0 Å². The quantitative estimate of drug-likeness (QED) is 0.667. The Kier molecular flexibility index (Phi) is 5.09. The normalized spacial score (nSPS) is 21.5. The Morgan fingerprint density at radius 3 is 3.00 bits per heavy atom. The molecule has 1 N–H and O–H groups in total. The SMILES string of the molecule is CC/C=C(\C)CN1CCCNCC1. The van der Waals surface area contributed by atoms with Gasteiger partial charge in [-0.3, -0.25) is 4.90 Å². The summed E-state index contributed by atoms with van der Waals surface area (Å²) >= 11 is 0. The molecule has 0 aromatic carbocycles. The van der Waals surface area contributed by atoms with Gasteiger partial charge in [-0.2, -0.15) is 0 Å². The van der Waals surface area contributed by atoms with Crippen LogP contribution >= 0.6 is 0 Å². The van der Waals surface area contributed by atoms with Crippen LogP contribution < -0.4 is 5.32 Å². The van der Waals surface area contributed by atoms with Crippen molar-refractivity contribution in [2.24, 2.45) is 0 Å². The molecule has 0 aliphatic carbocycles. The predicted molar refractivity (Wildman–Crippen MR) is 58.0 cm³/mol. The zero-order chi connectivity index (χ0) is 9.52. The molecule has 76 valence electrons. The highest BCUT2D eigenvalue weighted by Gasteiger charge is 2.07. The van der Waals surface area contributed by atoms with Crippen LogP contribution in [0.5, 0.6) is 0 Å². The summed E-state index contributed by atoms with van der Waals surface area (Å²) < 4.78 is 0. The molecule has 13 heavy (non-hydrogen) atoms. The molecule has 1 heterocycles. The molecule has 1 saturated heterocycles. The Balaban J connectivity index is 2.29. The summed E-state index contributed by atoms with van der Waals surface area (Å²) in [5, 5.41) is 3.42. The molecular weight excluding hydrogens is 160 g/mol. The first-order valence-corrected chi connectivity index (χ1v) is 5.41. The maximum Gasteiger partial charge on any atom is 0.0190 e. The highest BCUT2D eigenvalue weighted by molar-refractivity contribution is 5.00. The average Bonchev–Trinajstić information content (AvgIpc) is 2.33. The average molecular weight is 182 g/mol. The molecule has 0 spiro atoms. The lowest BCUT2D eigenvalue weighted by atomic mass is 10.2. The topological polar surface area (TPSA) is 15.3 Å². The van der Waals surface area contributed by atoms with E-state index in [-0.39, 0.29) is 0 Å². The molecular formula is C11H22N2. The van der Waals surface area contributed by atoms with Crippen LogP contribution in [0.1, 0.15) is 26.7 Å². The number of hydrogen-bond acceptors (Lipinski definition) is 2. The zero-order valence-electron chi connectivity index (χ0n) is 8.97. The van der Waals surface area contributed by atoms with Gasteiger partial charge in [0, 0.05) is 19.6 Å². The van der Waals surface area contributed by atoms with Crippen LogP contribution in [0.25, 0.3) is 0 Å². The lowest BCUT2D eigenvalue weighted by Gasteiger charge is -2.19. The molecule has 1 fully saturated rings. The fourth-order valence-electron chi connectivity index (χ4n) is 1.83. The van der Waals surface area contributed by atoms with Crippen molar-refractivity contribution in [1.29, 1.82) is 0 Å². The van der Waals surface area contributed by atoms with Crippen LogP contribution in [0.15, 0.2) is 11.6 Å². The Bertz CT molecular complexity index is 155. The lowest BCUT2D eigenvalue weighted by Crippen LogP contribution is -2.29. The molecule has 0 radical (unpaired) electrons. The van der Waals surface area contributed by atoms with Gasteiger partial charge in [-0.1, -0.05) is 18.6 Å². The van der Waals surface area contributed by atoms with E-state index in [0.29, 0.717) is 0 Å². The lowest BCUT2D eigenvalue weighted by molar-refractivity contribution is 0.317. The number of hydrogen-bond donors (Lipinski definition) is 1. The van der Waals surface area contributed by atoms with Crippen molar-refractivity contribution in [2.45, 2.75) is 26.7 Å². The highest BCUT2D eigenvalue weighted by Crippen LogP contribution is 2.02. The van der Waals surface area contributed by atoms with Crippen LogP contribution in [0.3, 0.4) is 0 Å². The van der Waals surface area contributed by atoms with Gasteiger partial charge >= 0.3 is 0 Å². The monoisotopic (exact) mass is 182 g/mol. The summed E-state index contributed by atoms with van der Waals surface area (Å²) in [5.41, 5.74) is 1.52. The third kappa shape index (κ3) is 4.44. The molecule has 1 aliphatic rings. The van der Waals surface area contributed by atoms with Crippen molar-refractivity contribution >= 4 is 0 Å². The molecule has 0 saturated carbocycles. The van der Waals surface area contributed by atoms with Crippen LogP contribution in [-0.2, 0) is 0 Å². The van der Waals surface area contributed by atoms with Crippen molar-refractivity contribution in [3.05, 3.63) is 11.6 Å². The van der Waals surface area contributed by atoms with Crippen LogP contribution in [-0.4, -0.2) is 37.6 Å². The highest BCUT2D eigenvalue weighted by atomic mass is 15.1. The maximum absolute atomic E-state index is 3.42. The van der Waals surface area contributed by atoms with Crippen molar-refractivity contribution in [3.63, 3.8) is 0 Å². The number of nitrogens with zero attached hydrogens (tertiary/aromatic N) is 1. The minimum absolute atomic E-state index is 1.15. The van der Waals surface area contributed by atoms with E-state index in [2.05, 4.69) is 30.1 Å². The minimum Gasteiger partial charge on any atom is -0.315 e. The molecule has 0 bridgehead atoms. The fraction of sp³-hybridized carbons (Fsp3) is 0.818. The summed E-state index contributed by atoms with van der Waals surface area (Å²) in [6.07, 6.45) is 4.79. The van der Waals surface area contributed by atoms with Gasteiger partial charge in [-0.25, -0.2) is 0 Å². The predicted octanol–water partition coefficient (Wildman–Crippen LogP) is 1.64. The number of nitrogens with one attached hydrogen (secondary N) is 1. The summed E-state index contributed by atoms with van der Waals surface area (Å²) in [4.78, 5) is 2.54. The third-order valence-electron chi connectivity index (χ3n) is 2.46. The Hall–Kier alpha value is -0.340. The van der Waals surface area contributed by atoms with E-state index in [0.717, 1.165) is 19.5 Å². The number of rotatable bonds is 3. The van der Waals surface area contributed by atoms with Crippen molar-refractivity contribution in [1.82, 2.24) is 10.2 Å². The van der Waals surface area contributed by atoms with Gasteiger partial charge in [0.1, 0.15) is 0 Å². The molecule has 0 aromatic heterocycles. The van der Waals surface area contributed by atoms with Crippen LogP contribution in [0.4, 0.5) is 0 Å².